The summed E-state index contributed by atoms with van der Waals surface area (Å²) in [5.74, 6) is 1.03. The van der Waals surface area contributed by atoms with Crippen LogP contribution < -0.4 is 0 Å². The molecular formula is C13H8IN3O2. The Morgan fingerprint density at radius 1 is 1.16 bits per heavy atom. The molecule has 0 aliphatic rings. The minimum atomic E-state index is 0.194. The molecule has 6 heteroatoms. The molecule has 0 unspecified atom stereocenters. The Bertz CT molecular complexity index is 713. The predicted octanol–water partition coefficient (Wildman–Crippen LogP) is 3.11. The summed E-state index contributed by atoms with van der Waals surface area (Å²) in [7, 11) is 0. The maximum absolute atomic E-state index is 9.68. The number of benzene rings is 1. The number of pyridine rings is 1. The lowest BCUT2D eigenvalue weighted by Crippen LogP contribution is -1.82. The van der Waals surface area contributed by atoms with Gasteiger partial charge < -0.3 is 9.63 Å². The third kappa shape index (κ3) is 2.43. The van der Waals surface area contributed by atoms with Crippen molar-refractivity contribution in [2.75, 3.05) is 0 Å². The van der Waals surface area contributed by atoms with E-state index < -0.39 is 0 Å². The highest BCUT2D eigenvalue weighted by molar-refractivity contribution is 14.1. The number of rotatable bonds is 2. The second kappa shape index (κ2) is 4.96. The van der Waals surface area contributed by atoms with Gasteiger partial charge in [0.05, 0.1) is 3.57 Å². The van der Waals surface area contributed by atoms with E-state index in [1.807, 2.05) is 18.2 Å². The van der Waals surface area contributed by atoms with Gasteiger partial charge in [0.25, 0.3) is 5.89 Å². The number of halogens is 1. The summed E-state index contributed by atoms with van der Waals surface area (Å²) in [6.45, 7) is 0. The fourth-order valence-electron chi connectivity index (χ4n) is 1.60. The fourth-order valence-corrected chi connectivity index (χ4v) is 1.93. The molecule has 3 aromatic rings. The van der Waals surface area contributed by atoms with Crippen molar-refractivity contribution in [2.45, 2.75) is 0 Å². The Labute approximate surface area is 122 Å². The van der Waals surface area contributed by atoms with E-state index in [0.717, 1.165) is 9.13 Å². The largest absolute Gasteiger partial charge is 0.507 e. The van der Waals surface area contributed by atoms with Crippen molar-refractivity contribution in [1.82, 2.24) is 15.1 Å². The van der Waals surface area contributed by atoms with E-state index in [1.165, 1.54) is 0 Å². The second-order valence-electron chi connectivity index (χ2n) is 3.83. The maximum atomic E-state index is 9.68. The van der Waals surface area contributed by atoms with Gasteiger partial charge in [-0.05, 0) is 52.9 Å². The molecule has 5 nitrogen and oxygen atoms in total. The molecule has 19 heavy (non-hydrogen) atoms. The van der Waals surface area contributed by atoms with Crippen molar-refractivity contribution < 1.29 is 9.63 Å². The Balaban J connectivity index is 1.99. The van der Waals surface area contributed by atoms with E-state index in [4.69, 9.17) is 4.52 Å². The Morgan fingerprint density at radius 2 is 2.05 bits per heavy atom. The first-order valence-corrected chi connectivity index (χ1v) is 6.55. The van der Waals surface area contributed by atoms with E-state index in [2.05, 4.69) is 37.7 Å². The monoisotopic (exact) mass is 365 g/mol. The van der Waals surface area contributed by atoms with E-state index in [-0.39, 0.29) is 5.75 Å². The third-order valence-electron chi connectivity index (χ3n) is 2.54. The zero-order valence-electron chi connectivity index (χ0n) is 9.62. The van der Waals surface area contributed by atoms with Crippen molar-refractivity contribution in [2.24, 2.45) is 0 Å². The minimum Gasteiger partial charge on any atom is -0.507 e. The average molecular weight is 365 g/mol. The van der Waals surface area contributed by atoms with Crippen molar-refractivity contribution in [1.29, 1.82) is 0 Å². The molecule has 0 radical (unpaired) electrons. The summed E-state index contributed by atoms with van der Waals surface area (Å²) in [6, 6.07) is 8.87. The SMILES string of the molecule is Oc1cc(-c2nc(-c3cccnc3)no2)ccc1I. The Kier molecular flexibility index (Phi) is 3.16. The summed E-state index contributed by atoms with van der Waals surface area (Å²) < 4.78 is 5.97. The molecule has 0 atom stereocenters. The van der Waals surface area contributed by atoms with Crippen LogP contribution in [0.3, 0.4) is 0 Å². The quantitative estimate of drug-likeness (QED) is 0.707. The highest BCUT2D eigenvalue weighted by Crippen LogP contribution is 2.27. The molecule has 0 aliphatic heterocycles. The zero-order valence-corrected chi connectivity index (χ0v) is 11.8. The standard InChI is InChI=1S/C13H8IN3O2/c14-10-4-3-8(6-11(10)18)13-16-12(17-19-13)9-2-1-5-15-7-9/h1-7,18H. The summed E-state index contributed by atoms with van der Waals surface area (Å²) in [4.78, 5) is 8.30. The van der Waals surface area contributed by atoms with Gasteiger partial charge in [0.1, 0.15) is 5.75 Å². The van der Waals surface area contributed by atoms with Crippen LogP contribution in [-0.2, 0) is 0 Å². The molecule has 3 rings (SSSR count). The highest BCUT2D eigenvalue weighted by Gasteiger charge is 2.11. The first kappa shape index (κ1) is 12.1. The topological polar surface area (TPSA) is 72.0 Å². The summed E-state index contributed by atoms with van der Waals surface area (Å²) in [6.07, 6.45) is 3.35. The smallest absolute Gasteiger partial charge is 0.258 e. The molecule has 2 aromatic heterocycles. The number of hydrogen-bond donors (Lipinski definition) is 1. The molecule has 2 heterocycles. The van der Waals surface area contributed by atoms with Crippen molar-refractivity contribution in [3.05, 3.63) is 46.3 Å². The summed E-state index contributed by atoms with van der Waals surface area (Å²) >= 11 is 2.05. The van der Waals surface area contributed by atoms with Crippen LogP contribution in [0.25, 0.3) is 22.8 Å². The molecule has 0 amide bonds. The summed E-state index contributed by atoms with van der Waals surface area (Å²) in [5.41, 5.74) is 1.47. The van der Waals surface area contributed by atoms with Crippen LogP contribution in [-0.4, -0.2) is 20.2 Å². The predicted molar refractivity (Wildman–Crippen MR) is 77.3 cm³/mol. The van der Waals surface area contributed by atoms with Crippen LogP contribution in [0.4, 0.5) is 0 Å². The van der Waals surface area contributed by atoms with Crippen molar-refractivity contribution in [3.63, 3.8) is 0 Å². The van der Waals surface area contributed by atoms with Crippen LogP contribution in [0, 0.1) is 3.57 Å². The maximum Gasteiger partial charge on any atom is 0.258 e. The number of aromatic nitrogens is 3. The van der Waals surface area contributed by atoms with Crippen molar-refractivity contribution in [3.8, 4) is 28.6 Å². The summed E-state index contributed by atoms with van der Waals surface area (Å²) in [5, 5.41) is 13.6. The average Bonchev–Trinajstić information content (AvgIpc) is 2.93. The van der Waals surface area contributed by atoms with Gasteiger partial charge in [-0.15, -0.1) is 0 Å². The lowest BCUT2D eigenvalue weighted by atomic mass is 10.2. The highest BCUT2D eigenvalue weighted by atomic mass is 127. The molecule has 0 saturated carbocycles. The van der Waals surface area contributed by atoms with Gasteiger partial charge in [0.2, 0.25) is 5.82 Å². The second-order valence-corrected chi connectivity index (χ2v) is 4.99. The fraction of sp³-hybridized carbons (Fsp3) is 0. The van der Waals surface area contributed by atoms with E-state index in [0.29, 0.717) is 17.3 Å². The number of phenols is 1. The molecule has 0 aliphatic carbocycles. The number of aromatic hydroxyl groups is 1. The van der Waals surface area contributed by atoms with Crippen LogP contribution >= 0.6 is 22.6 Å². The third-order valence-corrected chi connectivity index (χ3v) is 3.45. The van der Waals surface area contributed by atoms with E-state index >= 15 is 0 Å². The molecule has 0 saturated heterocycles. The number of nitrogens with zero attached hydrogens (tertiary/aromatic N) is 3. The van der Waals surface area contributed by atoms with Gasteiger partial charge in [-0.1, -0.05) is 5.16 Å². The van der Waals surface area contributed by atoms with E-state index in [9.17, 15) is 5.11 Å². The first-order valence-electron chi connectivity index (χ1n) is 5.47. The molecule has 1 N–H and O–H groups in total. The van der Waals surface area contributed by atoms with Crippen LogP contribution in [0.5, 0.6) is 5.75 Å². The molecule has 0 spiro atoms. The first-order chi connectivity index (χ1) is 9.24. The van der Waals surface area contributed by atoms with Crippen molar-refractivity contribution >= 4 is 22.6 Å². The lowest BCUT2D eigenvalue weighted by Gasteiger charge is -1.98. The van der Waals surface area contributed by atoms with Gasteiger partial charge in [-0.25, -0.2) is 0 Å². The van der Waals surface area contributed by atoms with Crippen LogP contribution in [0.1, 0.15) is 0 Å². The van der Waals surface area contributed by atoms with Gasteiger partial charge >= 0.3 is 0 Å². The van der Waals surface area contributed by atoms with Gasteiger partial charge in [-0.3, -0.25) is 4.98 Å². The van der Waals surface area contributed by atoms with Gasteiger partial charge in [-0.2, -0.15) is 4.98 Å². The van der Waals surface area contributed by atoms with Gasteiger partial charge in [0.15, 0.2) is 0 Å². The van der Waals surface area contributed by atoms with Crippen LogP contribution in [0.2, 0.25) is 0 Å². The Morgan fingerprint density at radius 3 is 2.79 bits per heavy atom. The molecule has 0 fully saturated rings. The Hall–Kier alpha value is -1.96. The minimum absolute atomic E-state index is 0.194. The van der Waals surface area contributed by atoms with E-state index in [1.54, 1.807) is 24.5 Å². The molecule has 1 aromatic carbocycles. The molecular weight excluding hydrogens is 357 g/mol. The zero-order chi connectivity index (χ0) is 13.2. The van der Waals surface area contributed by atoms with Crippen LogP contribution in [0.15, 0.2) is 47.2 Å². The molecule has 94 valence electrons. The molecule has 0 bridgehead atoms. The number of hydrogen-bond acceptors (Lipinski definition) is 5. The normalized spacial score (nSPS) is 10.6. The number of phenolic OH excluding ortho intramolecular Hbond substituents is 1. The lowest BCUT2D eigenvalue weighted by molar-refractivity contribution is 0.431. The van der Waals surface area contributed by atoms with Gasteiger partial charge in [0, 0.05) is 23.5 Å².